The summed E-state index contributed by atoms with van der Waals surface area (Å²) in [6.07, 6.45) is 1.92. The minimum Gasteiger partial charge on any atom is -0.387 e. The topological polar surface area (TPSA) is 69.0 Å². The van der Waals surface area contributed by atoms with E-state index < -0.39 is 0 Å². The van der Waals surface area contributed by atoms with Crippen LogP contribution in [0, 0.1) is 11.3 Å². The zero-order valence-electron chi connectivity index (χ0n) is 10.3. The van der Waals surface area contributed by atoms with E-state index in [1.807, 2.05) is 13.0 Å². The first-order valence-electron chi connectivity index (χ1n) is 5.38. The van der Waals surface area contributed by atoms with Crippen molar-refractivity contribution in [2.45, 2.75) is 19.4 Å². The molecular weight excluding hydrogens is 216 g/mol. The number of hydrogen-bond donors (Lipinski definition) is 1. The Bertz CT molecular complexity index is 421. The van der Waals surface area contributed by atoms with Gasteiger partial charge in [-0.3, -0.25) is 4.79 Å². The molecule has 0 bridgehead atoms. The van der Waals surface area contributed by atoms with Gasteiger partial charge in [0.25, 0.3) is 5.91 Å². The molecule has 1 aromatic heterocycles. The molecule has 1 N–H and O–H groups in total. The molecule has 17 heavy (non-hydrogen) atoms. The average Bonchev–Trinajstić information content (AvgIpc) is 2.37. The van der Waals surface area contributed by atoms with Crippen molar-refractivity contribution in [1.82, 2.24) is 9.88 Å². The van der Waals surface area contributed by atoms with Crippen LogP contribution in [0.5, 0.6) is 0 Å². The van der Waals surface area contributed by atoms with Crippen molar-refractivity contribution in [3.63, 3.8) is 0 Å². The largest absolute Gasteiger partial charge is 0.387 e. The second-order valence-electron chi connectivity index (χ2n) is 3.81. The fraction of sp³-hybridized carbons (Fsp3) is 0.417. The molecule has 1 unspecified atom stereocenters. The van der Waals surface area contributed by atoms with Crippen LogP contribution in [0.3, 0.4) is 0 Å². The molecule has 0 aliphatic heterocycles. The predicted molar refractivity (Wildman–Crippen MR) is 65.6 cm³/mol. The minimum atomic E-state index is -0.171. The lowest BCUT2D eigenvalue weighted by atomic mass is 10.2. The van der Waals surface area contributed by atoms with Gasteiger partial charge in [0.1, 0.15) is 5.69 Å². The molecule has 1 aromatic rings. The SMILES string of the molecule is CNc1ccc(C(=O)N(C)C(C)CC#N)nc1. The molecule has 0 aliphatic rings. The van der Waals surface area contributed by atoms with Crippen LogP contribution in [0.4, 0.5) is 5.69 Å². The lowest BCUT2D eigenvalue weighted by Crippen LogP contribution is -2.35. The smallest absolute Gasteiger partial charge is 0.272 e. The summed E-state index contributed by atoms with van der Waals surface area (Å²) >= 11 is 0. The molecular formula is C12H16N4O. The van der Waals surface area contributed by atoms with Crippen molar-refractivity contribution in [2.24, 2.45) is 0 Å². The molecule has 0 spiro atoms. The van der Waals surface area contributed by atoms with Gasteiger partial charge in [0.15, 0.2) is 0 Å². The van der Waals surface area contributed by atoms with E-state index in [2.05, 4.69) is 10.3 Å². The van der Waals surface area contributed by atoms with Crippen LogP contribution < -0.4 is 5.32 Å². The van der Waals surface area contributed by atoms with E-state index in [9.17, 15) is 4.79 Å². The van der Waals surface area contributed by atoms with E-state index in [4.69, 9.17) is 5.26 Å². The molecule has 0 fully saturated rings. The summed E-state index contributed by atoms with van der Waals surface area (Å²) < 4.78 is 0. The van der Waals surface area contributed by atoms with Gasteiger partial charge >= 0.3 is 0 Å². The Morgan fingerprint density at radius 3 is 2.82 bits per heavy atom. The van der Waals surface area contributed by atoms with Crippen molar-refractivity contribution in [3.8, 4) is 6.07 Å². The number of carbonyl (C=O) groups is 1. The standard InChI is InChI=1S/C12H16N4O/c1-9(6-7-13)16(3)12(17)11-5-4-10(14-2)8-15-11/h4-5,8-9,14H,6H2,1-3H3. The van der Waals surface area contributed by atoms with Crippen molar-refractivity contribution in [3.05, 3.63) is 24.0 Å². The Kier molecular flexibility index (Phi) is 4.46. The van der Waals surface area contributed by atoms with E-state index in [0.29, 0.717) is 12.1 Å². The van der Waals surface area contributed by atoms with E-state index in [-0.39, 0.29) is 11.9 Å². The van der Waals surface area contributed by atoms with Gasteiger partial charge in [0.2, 0.25) is 0 Å². The van der Waals surface area contributed by atoms with Crippen LogP contribution in [0.15, 0.2) is 18.3 Å². The molecule has 0 radical (unpaired) electrons. The first-order chi connectivity index (χ1) is 8.10. The number of carbonyl (C=O) groups excluding carboxylic acids is 1. The molecule has 1 heterocycles. The van der Waals surface area contributed by atoms with Crippen LogP contribution in [0.2, 0.25) is 0 Å². The normalized spacial score (nSPS) is 11.4. The third-order valence-corrected chi connectivity index (χ3v) is 2.64. The molecule has 5 nitrogen and oxygen atoms in total. The van der Waals surface area contributed by atoms with E-state index in [1.54, 1.807) is 32.4 Å². The summed E-state index contributed by atoms with van der Waals surface area (Å²) in [4.78, 5) is 17.6. The monoisotopic (exact) mass is 232 g/mol. The lowest BCUT2D eigenvalue weighted by Gasteiger charge is -2.22. The van der Waals surface area contributed by atoms with Gasteiger partial charge in [-0.15, -0.1) is 0 Å². The molecule has 0 saturated carbocycles. The predicted octanol–water partition coefficient (Wildman–Crippen LogP) is 1.50. The number of nitrogens with zero attached hydrogens (tertiary/aromatic N) is 3. The molecule has 90 valence electrons. The van der Waals surface area contributed by atoms with Crippen LogP contribution >= 0.6 is 0 Å². The quantitative estimate of drug-likeness (QED) is 0.854. The average molecular weight is 232 g/mol. The van der Waals surface area contributed by atoms with E-state index in [1.165, 1.54) is 4.90 Å². The third-order valence-electron chi connectivity index (χ3n) is 2.64. The number of rotatable bonds is 4. The summed E-state index contributed by atoms with van der Waals surface area (Å²) in [6.45, 7) is 1.84. The zero-order chi connectivity index (χ0) is 12.8. The summed E-state index contributed by atoms with van der Waals surface area (Å²) in [5.41, 5.74) is 1.24. The number of anilines is 1. The maximum atomic E-state index is 12.0. The maximum absolute atomic E-state index is 12.0. The molecule has 1 rings (SSSR count). The molecule has 0 saturated heterocycles. The van der Waals surface area contributed by atoms with E-state index >= 15 is 0 Å². The second-order valence-corrected chi connectivity index (χ2v) is 3.81. The highest BCUT2D eigenvalue weighted by atomic mass is 16.2. The number of nitrogens with one attached hydrogen (secondary N) is 1. The van der Waals surface area contributed by atoms with E-state index in [0.717, 1.165) is 5.69 Å². The lowest BCUT2D eigenvalue weighted by molar-refractivity contribution is 0.0740. The molecule has 5 heteroatoms. The van der Waals surface area contributed by atoms with Gasteiger partial charge in [-0.05, 0) is 19.1 Å². The fourth-order valence-corrected chi connectivity index (χ4v) is 1.32. The number of hydrogen-bond acceptors (Lipinski definition) is 4. The highest BCUT2D eigenvalue weighted by Gasteiger charge is 2.18. The van der Waals surface area contributed by atoms with Crippen molar-refractivity contribution in [2.75, 3.05) is 19.4 Å². The fourth-order valence-electron chi connectivity index (χ4n) is 1.32. The van der Waals surface area contributed by atoms with Crippen LogP contribution in [0.1, 0.15) is 23.8 Å². The van der Waals surface area contributed by atoms with Gasteiger partial charge in [0, 0.05) is 20.1 Å². The summed E-state index contributed by atoms with van der Waals surface area (Å²) in [5.74, 6) is -0.171. The van der Waals surface area contributed by atoms with Gasteiger partial charge in [-0.2, -0.15) is 5.26 Å². The number of nitriles is 1. The molecule has 1 amide bonds. The molecule has 1 atom stereocenters. The first kappa shape index (κ1) is 13.0. The summed E-state index contributed by atoms with van der Waals surface area (Å²) in [7, 11) is 3.47. The van der Waals surface area contributed by atoms with Crippen LogP contribution in [-0.4, -0.2) is 35.9 Å². The Morgan fingerprint density at radius 2 is 2.35 bits per heavy atom. The zero-order valence-corrected chi connectivity index (χ0v) is 10.3. The van der Waals surface area contributed by atoms with Gasteiger partial charge < -0.3 is 10.2 Å². The summed E-state index contributed by atoms with van der Waals surface area (Å²) in [5, 5.41) is 11.5. The number of aromatic nitrogens is 1. The maximum Gasteiger partial charge on any atom is 0.272 e. The Labute approximate surface area is 101 Å². The Morgan fingerprint density at radius 1 is 1.65 bits per heavy atom. The first-order valence-corrected chi connectivity index (χ1v) is 5.38. The van der Waals surface area contributed by atoms with Gasteiger partial charge in [0.05, 0.1) is 24.4 Å². The van der Waals surface area contributed by atoms with Crippen molar-refractivity contribution < 1.29 is 4.79 Å². The van der Waals surface area contributed by atoms with Gasteiger partial charge in [-0.25, -0.2) is 4.98 Å². The third kappa shape index (κ3) is 3.18. The van der Waals surface area contributed by atoms with Crippen LogP contribution in [-0.2, 0) is 0 Å². The Hall–Kier alpha value is -2.09. The Balaban J connectivity index is 2.78. The summed E-state index contributed by atoms with van der Waals surface area (Å²) in [6, 6.07) is 5.40. The highest BCUT2D eigenvalue weighted by Crippen LogP contribution is 2.09. The van der Waals surface area contributed by atoms with Crippen molar-refractivity contribution >= 4 is 11.6 Å². The van der Waals surface area contributed by atoms with Crippen molar-refractivity contribution in [1.29, 1.82) is 5.26 Å². The van der Waals surface area contributed by atoms with Gasteiger partial charge in [-0.1, -0.05) is 0 Å². The molecule has 0 aliphatic carbocycles. The number of amides is 1. The minimum absolute atomic E-state index is 0.113. The molecule has 0 aromatic carbocycles. The highest BCUT2D eigenvalue weighted by molar-refractivity contribution is 5.92. The number of pyridine rings is 1. The van der Waals surface area contributed by atoms with Crippen LogP contribution in [0.25, 0.3) is 0 Å². The second kappa shape index (κ2) is 5.85.